The van der Waals surface area contributed by atoms with Gasteiger partial charge in [0.25, 0.3) is 0 Å². The van der Waals surface area contributed by atoms with Gasteiger partial charge < -0.3 is 9.15 Å². The molecule has 0 aliphatic heterocycles. The highest BCUT2D eigenvalue weighted by Crippen LogP contribution is 2.14. The molecule has 0 aliphatic rings. The Morgan fingerprint density at radius 3 is 2.73 bits per heavy atom. The summed E-state index contributed by atoms with van der Waals surface area (Å²) in [6.45, 7) is 8.00. The van der Waals surface area contributed by atoms with Crippen LogP contribution in [-0.4, -0.2) is 17.6 Å². The smallest absolute Gasteiger partial charge is 0.376 e. The van der Waals surface area contributed by atoms with Crippen LogP contribution in [0.2, 0.25) is 0 Å². The Bertz CT molecular complexity index is 342. The molecule has 1 aromatic heterocycles. The van der Waals surface area contributed by atoms with Gasteiger partial charge in [-0.2, -0.15) is 0 Å². The monoisotopic (exact) mass is 211 g/mol. The molecule has 0 unspecified atom stereocenters. The van der Waals surface area contributed by atoms with Crippen molar-refractivity contribution in [1.29, 1.82) is 0 Å². The molecule has 0 amide bonds. The van der Waals surface area contributed by atoms with E-state index >= 15 is 0 Å². The number of aryl methyl sites for hydroxylation is 1. The molecule has 0 aromatic carbocycles. The van der Waals surface area contributed by atoms with Gasteiger partial charge in [0.15, 0.2) is 5.89 Å². The van der Waals surface area contributed by atoms with Gasteiger partial charge in [-0.25, -0.2) is 9.78 Å². The minimum absolute atomic E-state index is 0.229. The van der Waals surface area contributed by atoms with Crippen molar-refractivity contribution in [2.75, 3.05) is 6.61 Å². The fourth-order valence-electron chi connectivity index (χ4n) is 1.27. The van der Waals surface area contributed by atoms with Crippen molar-refractivity contribution in [1.82, 2.24) is 4.98 Å². The third kappa shape index (κ3) is 3.08. The predicted molar refractivity (Wildman–Crippen MR) is 55.7 cm³/mol. The van der Waals surface area contributed by atoms with Gasteiger partial charge in [-0.1, -0.05) is 13.8 Å². The maximum atomic E-state index is 11.4. The standard InChI is InChI=1S/C11H17NO3/c1-5-14-11(13)10-8(4)12-9(15-10)6-7(2)3/h7H,5-6H2,1-4H3. The largest absolute Gasteiger partial charge is 0.460 e. The average Bonchev–Trinajstić information content (AvgIpc) is 2.46. The number of hydrogen-bond acceptors (Lipinski definition) is 4. The predicted octanol–water partition coefficient (Wildman–Crippen LogP) is 2.36. The Balaban J connectivity index is 2.81. The first-order valence-corrected chi connectivity index (χ1v) is 5.18. The van der Waals surface area contributed by atoms with Gasteiger partial charge in [-0.05, 0) is 19.8 Å². The molecule has 0 radical (unpaired) electrons. The highest BCUT2D eigenvalue weighted by atomic mass is 16.5. The van der Waals surface area contributed by atoms with Crippen LogP contribution in [0, 0.1) is 12.8 Å². The van der Waals surface area contributed by atoms with Gasteiger partial charge in [0, 0.05) is 6.42 Å². The van der Waals surface area contributed by atoms with Crippen molar-refractivity contribution in [2.24, 2.45) is 5.92 Å². The quantitative estimate of drug-likeness (QED) is 0.717. The zero-order chi connectivity index (χ0) is 11.4. The SMILES string of the molecule is CCOC(=O)c1oc(CC(C)C)nc1C. The van der Waals surface area contributed by atoms with Crippen LogP contribution in [0.1, 0.15) is 42.9 Å². The first-order valence-electron chi connectivity index (χ1n) is 5.18. The molecular formula is C11H17NO3. The van der Waals surface area contributed by atoms with E-state index in [9.17, 15) is 4.79 Å². The summed E-state index contributed by atoms with van der Waals surface area (Å²) < 4.78 is 10.2. The van der Waals surface area contributed by atoms with Crippen molar-refractivity contribution >= 4 is 5.97 Å². The van der Waals surface area contributed by atoms with Gasteiger partial charge in [-0.15, -0.1) is 0 Å². The van der Waals surface area contributed by atoms with Gasteiger partial charge in [0.2, 0.25) is 5.76 Å². The number of rotatable bonds is 4. The number of nitrogens with zero attached hydrogens (tertiary/aromatic N) is 1. The Morgan fingerprint density at radius 2 is 2.20 bits per heavy atom. The molecule has 0 N–H and O–H groups in total. The minimum atomic E-state index is -0.433. The molecule has 84 valence electrons. The van der Waals surface area contributed by atoms with Crippen molar-refractivity contribution < 1.29 is 13.9 Å². The molecule has 0 saturated heterocycles. The van der Waals surface area contributed by atoms with Crippen LogP contribution in [0.5, 0.6) is 0 Å². The van der Waals surface area contributed by atoms with E-state index in [2.05, 4.69) is 18.8 Å². The second kappa shape index (κ2) is 4.96. The lowest BCUT2D eigenvalue weighted by Crippen LogP contribution is -2.04. The molecule has 0 fully saturated rings. The number of aromatic nitrogens is 1. The molecule has 0 aliphatic carbocycles. The second-order valence-electron chi connectivity index (χ2n) is 3.84. The Hall–Kier alpha value is -1.32. The topological polar surface area (TPSA) is 52.3 Å². The Kier molecular flexibility index (Phi) is 3.88. The number of hydrogen-bond donors (Lipinski definition) is 0. The first-order chi connectivity index (χ1) is 7.04. The fourth-order valence-corrected chi connectivity index (χ4v) is 1.27. The third-order valence-corrected chi connectivity index (χ3v) is 1.88. The lowest BCUT2D eigenvalue weighted by Gasteiger charge is -1.99. The van der Waals surface area contributed by atoms with Crippen LogP contribution in [0.15, 0.2) is 4.42 Å². The first kappa shape index (κ1) is 11.8. The maximum absolute atomic E-state index is 11.4. The molecule has 4 heteroatoms. The molecule has 0 bridgehead atoms. The summed E-state index contributed by atoms with van der Waals surface area (Å²) in [7, 11) is 0. The molecule has 4 nitrogen and oxygen atoms in total. The minimum Gasteiger partial charge on any atom is -0.460 e. The highest BCUT2D eigenvalue weighted by molar-refractivity contribution is 5.87. The van der Waals surface area contributed by atoms with Crippen LogP contribution < -0.4 is 0 Å². The number of carbonyl (C=O) groups is 1. The summed E-state index contributed by atoms with van der Waals surface area (Å²) in [4.78, 5) is 15.6. The van der Waals surface area contributed by atoms with E-state index in [0.29, 0.717) is 24.1 Å². The van der Waals surface area contributed by atoms with Crippen molar-refractivity contribution in [2.45, 2.75) is 34.1 Å². The summed E-state index contributed by atoms with van der Waals surface area (Å²) in [5, 5.41) is 0. The zero-order valence-corrected chi connectivity index (χ0v) is 9.66. The van der Waals surface area contributed by atoms with Gasteiger partial charge in [-0.3, -0.25) is 0 Å². The highest BCUT2D eigenvalue weighted by Gasteiger charge is 2.18. The Labute approximate surface area is 89.6 Å². The van der Waals surface area contributed by atoms with Crippen molar-refractivity contribution in [3.63, 3.8) is 0 Å². The molecule has 1 rings (SSSR count). The summed E-state index contributed by atoms with van der Waals surface area (Å²) in [5.41, 5.74) is 0.601. The second-order valence-corrected chi connectivity index (χ2v) is 3.84. The maximum Gasteiger partial charge on any atom is 0.376 e. The summed E-state index contributed by atoms with van der Waals surface area (Å²) in [6, 6.07) is 0. The summed E-state index contributed by atoms with van der Waals surface area (Å²) in [5.74, 6) is 0.855. The lowest BCUT2D eigenvalue weighted by atomic mass is 10.1. The molecular weight excluding hydrogens is 194 g/mol. The molecule has 1 aromatic rings. The van der Waals surface area contributed by atoms with Crippen LogP contribution >= 0.6 is 0 Å². The number of ether oxygens (including phenoxy) is 1. The Morgan fingerprint density at radius 1 is 1.53 bits per heavy atom. The average molecular weight is 211 g/mol. The van der Waals surface area contributed by atoms with Crippen molar-refractivity contribution in [3.05, 3.63) is 17.3 Å². The zero-order valence-electron chi connectivity index (χ0n) is 9.66. The lowest BCUT2D eigenvalue weighted by molar-refractivity contribution is 0.0486. The third-order valence-electron chi connectivity index (χ3n) is 1.88. The summed E-state index contributed by atoms with van der Waals surface area (Å²) >= 11 is 0. The number of esters is 1. The fraction of sp³-hybridized carbons (Fsp3) is 0.636. The van der Waals surface area contributed by atoms with Gasteiger partial charge >= 0.3 is 5.97 Å². The van der Waals surface area contributed by atoms with E-state index in [1.807, 2.05) is 0 Å². The van der Waals surface area contributed by atoms with E-state index in [1.54, 1.807) is 13.8 Å². The molecule has 0 spiro atoms. The van der Waals surface area contributed by atoms with E-state index < -0.39 is 5.97 Å². The van der Waals surface area contributed by atoms with E-state index in [1.165, 1.54) is 0 Å². The normalized spacial score (nSPS) is 10.7. The van der Waals surface area contributed by atoms with Crippen LogP contribution in [0.3, 0.4) is 0 Å². The molecule has 0 atom stereocenters. The van der Waals surface area contributed by atoms with Crippen LogP contribution in [-0.2, 0) is 11.2 Å². The summed E-state index contributed by atoms with van der Waals surface area (Å²) in [6.07, 6.45) is 0.736. The number of carbonyl (C=O) groups excluding carboxylic acids is 1. The van der Waals surface area contributed by atoms with E-state index in [0.717, 1.165) is 6.42 Å². The number of oxazole rings is 1. The molecule has 0 saturated carbocycles. The van der Waals surface area contributed by atoms with Gasteiger partial charge in [0.05, 0.1) is 12.3 Å². The molecule has 1 heterocycles. The van der Waals surface area contributed by atoms with Crippen molar-refractivity contribution in [3.8, 4) is 0 Å². The molecule has 15 heavy (non-hydrogen) atoms. The van der Waals surface area contributed by atoms with E-state index in [-0.39, 0.29) is 5.76 Å². The van der Waals surface area contributed by atoms with Gasteiger partial charge in [0.1, 0.15) is 0 Å². The van der Waals surface area contributed by atoms with Crippen LogP contribution in [0.4, 0.5) is 0 Å². The van der Waals surface area contributed by atoms with E-state index in [4.69, 9.17) is 9.15 Å². The van der Waals surface area contributed by atoms with Crippen LogP contribution in [0.25, 0.3) is 0 Å².